The number of rotatable bonds is 4. The van der Waals surface area contributed by atoms with Gasteiger partial charge in [0.05, 0.1) is 26.8 Å². The smallest absolute Gasteiger partial charge is 0.251 e. The fourth-order valence-electron chi connectivity index (χ4n) is 2.61. The molecule has 0 saturated heterocycles. The van der Waals surface area contributed by atoms with E-state index in [1.165, 1.54) is 0 Å². The molecule has 0 spiro atoms. The summed E-state index contributed by atoms with van der Waals surface area (Å²) in [5, 5.41) is 7.06. The minimum absolute atomic E-state index is 0.0558. The van der Waals surface area contributed by atoms with Crippen molar-refractivity contribution in [3.8, 4) is 0 Å². The third-order valence-electron chi connectivity index (χ3n) is 3.80. The predicted molar refractivity (Wildman–Crippen MR) is 111 cm³/mol. The second-order valence-electron chi connectivity index (χ2n) is 6.17. The molecule has 3 aromatic rings. The third kappa shape index (κ3) is 3.68. The summed E-state index contributed by atoms with van der Waals surface area (Å²) in [5.41, 5.74) is 2.67. The number of amides is 1. The summed E-state index contributed by atoms with van der Waals surface area (Å²) in [6, 6.07) is 8.89. The maximum Gasteiger partial charge on any atom is 0.251 e. The number of hydrogen-bond acceptors (Lipinski definition) is 3. The molecule has 26 heavy (non-hydrogen) atoms. The summed E-state index contributed by atoms with van der Waals surface area (Å²) in [6.07, 6.45) is 0. The largest absolute Gasteiger partial charge is 0.350 e. The molecule has 0 aliphatic rings. The van der Waals surface area contributed by atoms with Crippen molar-refractivity contribution in [2.45, 2.75) is 19.9 Å². The van der Waals surface area contributed by atoms with E-state index in [0.29, 0.717) is 32.8 Å². The molecule has 0 fully saturated rings. The lowest BCUT2D eigenvalue weighted by Crippen LogP contribution is -2.30. The number of nitrogens with zero attached hydrogens (tertiary/aromatic N) is 2. The van der Waals surface area contributed by atoms with E-state index in [0.717, 1.165) is 9.99 Å². The molecule has 0 aliphatic heterocycles. The maximum absolute atomic E-state index is 12.3. The van der Waals surface area contributed by atoms with Gasteiger partial charge in [0.1, 0.15) is 0 Å². The van der Waals surface area contributed by atoms with Crippen LogP contribution in [0, 0.1) is 0 Å². The van der Waals surface area contributed by atoms with Gasteiger partial charge >= 0.3 is 0 Å². The fourth-order valence-corrected chi connectivity index (χ4v) is 3.82. The van der Waals surface area contributed by atoms with Gasteiger partial charge in [-0.25, -0.2) is 4.98 Å². The molecular formula is C18H17BrCl2N4O. The molecule has 8 heteroatoms. The molecule has 5 nitrogen and oxygen atoms in total. The van der Waals surface area contributed by atoms with Crippen LogP contribution in [0.2, 0.25) is 10.0 Å². The molecular weight excluding hydrogens is 439 g/mol. The lowest BCUT2D eigenvalue weighted by Gasteiger charge is -2.10. The van der Waals surface area contributed by atoms with Crippen molar-refractivity contribution in [1.29, 1.82) is 0 Å². The molecule has 2 N–H and O–H groups in total. The Morgan fingerprint density at radius 3 is 2.50 bits per heavy atom. The van der Waals surface area contributed by atoms with Crippen molar-refractivity contribution in [3.05, 3.63) is 50.4 Å². The van der Waals surface area contributed by atoms with E-state index >= 15 is 0 Å². The van der Waals surface area contributed by atoms with Gasteiger partial charge in [-0.05, 0) is 54.0 Å². The number of carbonyl (C=O) groups excluding carboxylic acids is 1. The standard InChI is InChI=1S/C18H17BrCl2N4O/c1-9(2)22-17(26)10-7-11(19)16-14(8-10)23-18(25(16)3)24-15-12(20)5-4-6-13(15)21/h4-9H,1-3H3,(H,22,26)(H,23,24). The zero-order valence-corrected chi connectivity index (χ0v) is 17.5. The van der Waals surface area contributed by atoms with E-state index in [9.17, 15) is 4.79 Å². The molecule has 1 heterocycles. The van der Waals surface area contributed by atoms with Gasteiger partial charge in [0, 0.05) is 23.1 Å². The second kappa shape index (κ2) is 7.47. The first-order chi connectivity index (χ1) is 12.3. The molecule has 1 amide bonds. The van der Waals surface area contributed by atoms with E-state index in [1.807, 2.05) is 25.5 Å². The highest BCUT2D eigenvalue weighted by Gasteiger charge is 2.17. The Morgan fingerprint density at radius 2 is 1.88 bits per heavy atom. The van der Waals surface area contributed by atoms with E-state index in [1.54, 1.807) is 30.3 Å². The summed E-state index contributed by atoms with van der Waals surface area (Å²) in [7, 11) is 1.88. The fraction of sp³-hybridized carbons (Fsp3) is 0.222. The van der Waals surface area contributed by atoms with Crippen LogP contribution in [-0.4, -0.2) is 21.5 Å². The Morgan fingerprint density at radius 1 is 1.23 bits per heavy atom. The van der Waals surface area contributed by atoms with E-state index in [2.05, 4.69) is 31.5 Å². The van der Waals surface area contributed by atoms with Gasteiger partial charge < -0.3 is 15.2 Å². The monoisotopic (exact) mass is 454 g/mol. The normalized spacial score (nSPS) is 11.2. The third-order valence-corrected chi connectivity index (χ3v) is 5.04. The maximum atomic E-state index is 12.3. The highest BCUT2D eigenvalue weighted by Crippen LogP contribution is 2.34. The zero-order chi connectivity index (χ0) is 19.0. The topological polar surface area (TPSA) is 59.0 Å². The molecule has 3 rings (SSSR count). The summed E-state index contributed by atoms with van der Waals surface area (Å²) in [4.78, 5) is 16.9. The zero-order valence-electron chi connectivity index (χ0n) is 14.4. The second-order valence-corrected chi connectivity index (χ2v) is 7.84. The van der Waals surface area contributed by atoms with E-state index < -0.39 is 0 Å². The van der Waals surface area contributed by atoms with Crippen LogP contribution < -0.4 is 10.6 Å². The van der Waals surface area contributed by atoms with E-state index in [-0.39, 0.29) is 11.9 Å². The average molecular weight is 456 g/mol. The van der Waals surface area contributed by atoms with Crippen LogP contribution in [0.15, 0.2) is 34.8 Å². The minimum atomic E-state index is -0.142. The number of aryl methyl sites for hydroxylation is 1. The first-order valence-corrected chi connectivity index (χ1v) is 9.50. The first kappa shape index (κ1) is 19.0. The number of fused-ring (bicyclic) bond motifs is 1. The average Bonchev–Trinajstić information content (AvgIpc) is 2.87. The molecule has 0 saturated carbocycles. The SMILES string of the molecule is CC(C)NC(=O)c1cc(Br)c2c(c1)nc(Nc1c(Cl)cccc1Cl)n2C. The molecule has 136 valence electrons. The number of anilines is 2. The highest BCUT2D eigenvalue weighted by atomic mass is 79.9. The van der Waals surface area contributed by atoms with Crippen molar-refractivity contribution >= 4 is 67.7 Å². The number of para-hydroxylation sites is 1. The predicted octanol–water partition coefficient (Wildman–Crippen LogP) is 5.52. The van der Waals surface area contributed by atoms with Gasteiger partial charge in [0.25, 0.3) is 5.91 Å². The molecule has 0 unspecified atom stereocenters. The first-order valence-electron chi connectivity index (χ1n) is 7.95. The van der Waals surface area contributed by atoms with Gasteiger partial charge in [0.2, 0.25) is 5.95 Å². The number of halogens is 3. The Labute approximate surface area is 169 Å². The van der Waals surface area contributed by atoms with Gasteiger partial charge in [-0.2, -0.15) is 0 Å². The van der Waals surface area contributed by atoms with Crippen LogP contribution >= 0.6 is 39.1 Å². The van der Waals surface area contributed by atoms with Crippen LogP contribution in [0.5, 0.6) is 0 Å². The molecule has 0 bridgehead atoms. The number of imidazole rings is 1. The van der Waals surface area contributed by atoms with Gasteiger partial charge in [-0.15, -0.1) is 0 Å². The molecule has 2 aromatic carbocycles. The number of hydrogen-bond donors (Lipinski definition) is 2. The summed E-state index contributed by atoms with van der Waals surface area (Å²) < 4.78 is 2.65. The number of benzene rings is 2. The lowest BCUT2D eigenvalue weighted by atomic mass is 10.2. The molecule has 1 aromatic heterocycles. The Kier molecular flexibility index (Phi) is 5.46. The van der Waals surface area contributed by atoms with Crippen LogP contribution in [0.1, 0.15) is 24.2 Å². The van der Waals surface area contributed by atoms with Crippen molar-refractivity contribution in [1.82, 2.24) is 14.9 Å². The van der Waals surface area contributed by atoms with Crippen LogP contribution in [0.25, 0.3) is 11.0 Å². The van der Waals surface area contributed by atoms with Crippen molar-refractivity contribution in [2.24, 2.45) is 7.05 Å². The highest BCUT2D eigenvalue weighted by molar-refractivity contribution is 9.10. The minimum Gasteiger partial charge on any atom is -0.350 e. The molecule has 0 aliphatic carbocycles. The van der Waals surface area contributed by atoms with Gasteiger partial charge in [-0.3, -0.25) is 4.79 Å². The summed E-state index contributed by atoms with van der Waals surface area (Å²) in [5.74, 6) is 0.425. The van der Waals surface area contributed by atoms with Gasteiger partial charge in [0.15, 0.2) is 0 Å². The van der Waals surface area contributed by atoms with E-state index in [4.69, 9.17) is 23.2 Å². The van der Waals surface area contributed by atoms with Crippen LogP contribution in [-0.2, 0) is 7.05 Å². The molecule has 0 atom stereocenters. The Bertz CT molecular complexity index is 980. The number of nitrogens with one attached hydrogen (secondary N) is 2. The van der Waals surface area contributed by atoms with Crippen molar-refractivity contribution < 1.29 is 4.79 Å². The number of aromatic nitrogens is 2. The van der Waals surface area contributed by atoms with Crippen LogP contribution in [0.4, 0.5) is 11.6 Å². The van der Waals surface area contributed by atoms with Crippen molar-refractivity contribution in [3.63, 3.8) is 0 Å². The quantitative estimate of drug-likeness (QED) is 0.544. The Balaban J connectivity index is 2.05. The van der Waals surface area contributed by atoms with Gasteiger partial charge in [-0.1, -0.05) is 29.3 Å². The summed E-state index contributed by atoms with van der Waals surface area (Å²) >= 11 is 16.0. The molecule has 0 radical (unpaired) electrons. The van der Waals surface area contributed by atoms with Crippen molar-refractivity contribution in [2.75, 3.05) is 5.32 Å². The van der Waals surface area contributed by atoms with Crippen LogP contribution in [0.3, 0.4) is 0 Å². The Hall–Kier alpha value is -1.76. The summed E-state index contributed by atoms with van der Waals surface area (Å²) in [6.45, 7) is 3.84. The number of carbonyl (C=O) groups is 1. The lowest BCUT2D eigenvalue weighted by molar-refractivity contribution is 0.0943.